The topological polar surface area (TPSA) is 67.9 Å². The first-order valence-electron chi connectivity index (χ1n) is 8.83. The summed E-state index contributed by atoms with van der Waals surface area (Å²) >= 11 is 0. The van der Waals surface area contributed by atoms with Crippen LogP contribution in [0.2, 0.25) is 0 Å². The summed E-state index contributed by atoms with van der Waals surface area (Å²) in [6.45, 7) is 4.79. The molecule has 0 aliphatic heterocycles. The lowest BCUT2D eigenvalue weighted by atomic mass is 10.1. The summed E-state index contributed by atoms with van der Waals surface area (Å²) in [5.41, 5.74) is 2.50. The summed E-state index contributed by atoms with van der Waals surface area (Å²) in [7, 11) is 3.31. The minimum atomic E-state index is -0.298. The highest BCUT2D eigenvalue weighted by atomic mass is 16.5. The number of amides is 2. The van der Waals surface area contributed by atoms with Crippen LogP contribution in [0.25, 0.3) is 0 Å². The summed E-state index contributed by atoms with van der Waals surface area (Å²) in [6, 6.07) is 12.6. The molecule has 2 aromatic carbocycles. The van der Waals surface area contributed by atoms with Gasteiger partial charge < -0.3 is 19.7 Å². The fraction of sp³-hybridized carbons (Fsp3) is 0.333. The zero-order chi connectivity index (χ0) is 19.8. The molecule has 0 heterocycles. The average Bonchev–Trinajstić information content (AvgIpc) is 2.66. The minimum absolute atomic E-state index is 0.0727. The lowest BCUT2D eigenvalue weighted by Crippen LogP contribution is -2.37. The predicted molar refractivity (Wildman–Crippen MR) is 104 cm³/mol. The number of carbonyl (C=O) groups excluding carboxylic acids is 2. The van der Waals surface area contributed by atoms with Crippen LogP contribution in [0.5, 0.6) is 11.5 Å². The quantitative estimate of drug-likeness (QED) is 0.776. The molecule has 0 spiro atoms. The standard InChI is InChI=1S/C21H26N2O4/c1-5-27-18-9-7-16(8-10-18)21(25)22-13-20(24)23(3)14-17-12-15(2)6-11-19(17)26-4/h6-12H,5,13-14H2,1-4H3,(H,22,25). The first-order valence-corrected chi connectivity index (χ1v) is 8.83. The highest BCUT2D eigenvalue weighted by molar-refractivity contribution is 5.96. The van der Waals surface area contributed by atoms with Gasteiger partial charge in [0, 0.05) is 24.7 Å². The van der Waals surface area contributed by atoms with Crippen molar-refractivity contribution in [2.45, 2.75) is 20.4 Å². The molecular formula is C21H26N2O4. The Labute approximate surface area is 160 Å². The minimum Gasteiger partial charge on any atom is -0.496 e. The van der Waals surface area contributed by atoms with Crippen molar-refractivity contribution in [2.75, 3.05) is 27.3 Å². The van der Waals surface area contributed by atoms with Gasteiger partial charge in [0.25, 0.3) is 5.91 Å². The van der Waals surface area contributed by atoms with Crippen LogP contribution in [-0.2, 0) is 11.3 Å². The van der Waals surface area contributed by atoms with E-state index in [2.05, 4.69) is 5.32 Å². The number of carbonyl (C=O) groups is 2. The molecule has 144 valence electrons. The molecule has 0 saturated heterocycles. The molecule has 0 aliphatic rings. The van der Waals surface area contributed by atoms with Gasteiger partial charge in [0.2, 0.25) is 5.91 Å². The molecule has 0 unspecified atom stereocenters. The monoisotopic (exact) mass is 370 g/mol. The number of nitrogens with one attached hydrogen (secondary N) is 1. The maximum Gasteiger partial charge on any atom is 0.251 e. The van der Waals surface area contributed by atoms with E-state index in [0.717, 1.165) is 16.9 Å². The van der Waals surface area contributed by atoms with Gasteiger partial charge in [-0.2, -0.15) is 0 Å². The van der Waals surface area contributed by atoms with Gasteiger partial charge in [0.15, 0.2) is 0 Å². The Bertz CT molecular complexity index is 787. The van der Waals surface area contributed by atoms with Gasteiger partial charge in [-0.15, -0.1) is 0 Å². The Morgan fingerprint density at radius 2 is 1.81 bits per heavy atom. The number of methoxy groups -OCH3 is 1. The maximum atomic E-state index is 12.4. The Morgan fingerprint density at radius 1 is 1.11 bits per heavy atom. The largest absolute Gasteiger partial charge is 0.496 e. The third-order valence-corrected chi connectivity index (χ3v) is 4.10. The van der Waals surface area contributed by atoms with Crippen molar-refractivity contribution in [3.8, 4) is 11.5 Å². The molecule has 27 heavy (non-hydrogen) atoms. The highest BCUT2D eigenvalue weighted by Crippen LogP contribution is 2.21. The fourth-order valence-corrected chi connectivity index (χ4v) is 2.64. The highest BCUT2D eigenvalue weighted by Gasteiger charge is 2.14. The second-order valence-corrected chi connectivity index (χ2v) is 6.21. The number of nitrogens with zero attached hydrogens (tertiary/aromatic N) is 1. The second kappa shape index (κ2) is 9.62. The lowest BCUT2D eigenvalue weighted by molar-refractivity contribution is -0.129. The maximum absolute atomic E-state index is 12.4. The molecule has 0 saturated carbocycles. The Balaban J connectivity index is 1.91. The first kappa shape index (κ1) is 20.3. The Morgan fingerprint density at radius 3 is 2.44 bits per heavy atom. The van der Waals surface area contributed by atoms with Crippen molar-refractivity contribution in [1.29, 1.82) is 0 Å². The van der Waals surface area contributed by atoms with Gasteiger partial charge in [0.1, 0.15) is 11.5 Å². The molecule has 2 rings (SSSR count). The number of aryl methyl sites for hydroxylation is 1. The number of likely N-dealkylation sites (N-methyl/N-ethyl adjacent to an activating group) is 1. The average molecular weight is 370 g/mol. The van der Waals surface area contributed by atoms with Gasteiger partial charge >= 0.3 is 0 Å². The molecule has 0 radical (unpaired) electrons. The van der Waals surface area contributed by atoms with Gasteiger partial charge in [-0.3, -0.25) is 9.59 Å². The van der Waals surface area contributed by atoms with Crippen LogP contribution in [0.15, 0.2) is 42.5 Å². The Kier molecular flexibility index (Phi) is 7.23. The van der Waals surface area contributed by atoms with E-state index >= 15 is 0 Å². The molecule has 6 heteroatoms. The van der Waals surface area contributed by atoms with Gasteiger partial charge in [-0.25, -0.2) is 0 Å². The molecule has 0 aromatic heterocycles. The molecular weight excluding hydrogens is 344 g/mol. The number of benzene rings is 2. The number of hydrogen-bond acceptors (Lipinski definition) is 4. The zero-order valence-electron chi connectivity index (χ0n) is 16.2. The summed E-state index contributed by atoms with van der Waals surface area (Å²) in [4.78, 5) is 26.1. The SMILES string of the molecule is CCOc1ccc(C(=O)NCC(=O)N(C)Cc2cc(C)ccc2OC)cc1. The third kappa shape index (κ3) is 5.74. The van der Waals surface area contributed by atoms with Gasteiger partial charge in [-0.05, 0) is 44.2 Å². The van der Waals surface area contributed by atoms with E-state index < -0.39 is 0 Å². The molecule has 0 bridgehead atoms. The van der Waals surface area contributed by atoms with Crippen LogP contribution >= 0.6 is 0 Å². The molecule has 6 nitrogen and oxygen atoms in total. The van der Waals surface area contributed by atoms with Crippen molar-refractivity contribution in [1.82, 2.24) is 10.2 Å². The number of hydrogen-bond donors (Lipinski definition) is 1. The fourth-order valence-electron chi connectivity index (χ4n) is 2.64. The second-order valence-electron chi connectivity index (χ2n) is 6.21. The zero-order valence-corrected chi connectivity index (χ0v) is 16.2. The van der Waals surface area contributed by atoms with E-state index in [4.69, 9.17) is 9.47 Å². The predicted octanol–water partition coefficient (Wildman–Crippen LogP) is 2.79. The van der Waals surface area contributed by atoms with Crippen LogP contribution in [0, 0.1) is 6.92 Å². The lowest BCUT2D eigenvalue weighted by Gasteiger charge is -2.19. The molecule has 0 aliphatic carbocycles. The van der Waals surface area contributed by atoms with Crippen LogP contribution in [-0.4, -0.2) is 44.0 Å². The van der Waals surface area contributed by atoms with Crippen molar-refractivity contribution in [3.63, 3.8) is 0 Å². The van der Waals surface area contributed by atoms with E-state index in [1.807, 2.05) is 32.0 Å². The van der Waals surface area contributed by atoms with Crippen LogP contribution in [0.4, 0.5) is 0 Å². The summed E-state index contributed by atoms with van der Waals surface area (Å²) < 4.78 is 10.7. The Hall–Kier alpha value is -3.02. The molecule has 0 fully saturated rings. The van der Waals surface area contributed by atoms with Crippen molar-refractivity contribution < 1.29 is 19.1 Å². The van der Waals surface area contributed by atoms with Crippen LogP contribution in [0.1, 0.15) is 28.4 Å². The summed E-state index contributed by atoms with van der Waals surface area (Å²) in [5.74, 6) is 0.960. The number of ether oxygens (including phenoxy) is 2. The van der Waals surface area contributed by atoms with E-state index in [1.165, 1.54) is 0 Å². The van der Waals surface area contributed by atoms with Crippen molar-refractivity contribution in [2.24, 2.45) is 0 Å². The van der Waals surface area contributed by atoms with Crippen LogP contribution < -0.4 is 14.8 Å². The van der Waals surface area contributed by atoms with E-state index in [1.54, 1.807) is 43.3 Å². The molecule has 1 N–H and O–H groups in total. The molecule has 0 atom stereocenters. The third-order valence-electron chi connectivity index (χ3n) is 4.10. The van der Waals surface area contributed by atoms with Crippen molar-refractivity contribution in [3.05, 3.63) is 59.2 Å². The van der Waals surface area contributed by atoms with E-state index in [-0.39, 0.29) is 18.4 Å². The van der Waals surface area contributed by atoms with Gasteiger partial charge in [0.05, 0.1) is 20.3 Å². The van der Waals surface area contributed by atoms with Crippen molar-refractivity contribution >= 4 is 11.8 Å². The van der Waals surface area contributed by atoms with Crippen LogP contribution in [0.3, 0.4) is 0 Å². The molecule has 2 aromatic rings. The van der Waals surface area contributed by atoms with Gasteiger partial charge in [-0.1, -0.05) is 17.7 Å². The summed E-state index contributed by atoms with van der Waals surface area (Å²) in [6.07, 6.45) is 0. The van der Waals surface area contributed by atoms with E-state index in [9.17, 15) is 9.59 Å². The smallest absolute Gasteiger partial charge is 0.251 e. The normalized spacial score (nSPS) is 10.2. The van der Waals surface area contributed by atoms with E-state index in [0.29, 0.717) is 24.5 Å². The number of rotatable bonds is 8. The molecule has 2 amide bonds. The summed E-state index contributed by atoms with van der Waals surface area (Å²) in [5, 5.41) is 2.65. The first-order chi connectivity index (χ1) is 12.9.